The number of rotatable bonds is 9. The minimum absolute atomic E-state index is 0.283. The van der Waals surface area contributed by atoms with Crippen LogP contribution in [-0.4, -0.2) is 36.6 Å². The van der Waals surface area contributed by atoms with Gasteiger partial charge in [0.2, 0.25) is 0 Å². The molecule has 3 nitrogen and oxygen atoms in total. The zero-order chi connectivity index (χ0) is 11.8. The lowest BCUT2D eigenvalue weighted by Gasteiger charge is -1.95. The van der Waals surface area contributed by atoms with Gasteiger partial charge in [0.1, 0.15) is 0 Å². The molecule has 2 N–H and O–H groups in total. The molecule has 0 saturated heterocycles. The predicted molar refractivity (Wildman–Crippen MR) is 64.0 cm³/mol. The Hall–Kier alpha value is -0.120. The van der Waals surface area contributed by atoms with Crippen LogP contribution in [-0.2, 0) is 4.74 Å². The first-order valence-electron chi connectivity index (χ1n) is 6.12. The van der Waals surface area contributed by atoms with E-state index in [0.29, 0.717) is 0 Å². The van der Waals surface area contributed by atoms with Crippen LogP contribution in [0.25, 0.3) is 0 Å². The van der Waals surface area contributed by atoms with E-state index in [0.717, 1.165) is 51.7 Å². The summed E-state index contributed by atoms with van der Waals surface area (Å²) in [6, 6.07) is 0. The van der Waals surface area contributed by atoms with Gasteiger partial charge >= 0.3 is 0 Å². The van der Waals surface area contributed by atoms with Crippen molar-refractivity contribution in [2.24, 2.45) is 0 Å². The number of hydrogen-bond acceptors (Lipinski definition) is 3. The largest absolute Gasteiger partial charge is 0.396 e. The highest BCUT2D eigenvalue weighted by Gasteiger charge is 1.84. The summed E-state index contributed by atoms with van der Waals surface area (Å²) in [7, 11) is 0. The highest BCUT2D eigenvalue weighted by Crippen LogP contribution is 1.96. The molecule has 0 heterocycles. The summed E-state index contributed by atoms with van der Waals surface area (Å²) in [5.74, 6) is 0. The molecule has 0 bridgehead atoms. The van der Waals surface area contributed by atoms with Gasteiger partial charge in [-0.05, 0) is 25.7 Å². The Morgan fingerprint density at radius 1 is 0.733 bits per heavy atom. The number of ether oxygens (including phenoxy) is 1. The van der Waals surface area contributed by atoms with Crippen LogP contribution in [0.4, 0.5) is 0 Å². The molecular formula is C12H28O3. The zero-order valence-electron chi connectivity index (χ0n) is 10.4. The van der Waals surface area contributed by atoms with Gasteiger partial charge in [0.15, 0.2) is 0 Å². The topological polar surface area (TPSA) is 49.7 Å². The lowest BCUT2D eigenvalue weighted by atomic mass is 10.2. The Balaban J connectivity index is 0. The van der Waals surface area contributed by atoms with Gasteiger partial charge in [0.05, 0.1) is 0 Å². The predicted octanol–water partition coefficient (Wildman–Crippen LogP) is 2.35. The Bertz CT molecular complexity index is 76.9. The monoisotopic (exact) mass is 220 g/mol. The molecule has 3 heteroatoms. The molecule has 0 spiro atoms. The molecule has 0 atom stereocenters. The fraction of sp³-hybridized carbons (Fsp3) is 1.00. The Morgan fingerprint density at radius 3 is 1.40 bits per heavy atom. The minimum atomic E-state index is 0.283. The van der Waals surface area contributed by atoms with Crippen LogP contribution >= 0.6 is 0 Å². The van der Waals surface area contributed by atoms with E-state index >= 15 is 0 Å². The van der Waals surface area contributed by atoms with Crippen LogP contribution in [0.15, 0.2) is 0 Å². The van der Waals surface area contributed by atoms with Gasteiger partial charge in [-0.25, -0.2) is 0 Å². The molecule has 15 heavy (non-hydrogen) atoms. The zero-order valence-corrected chi connectivity index (χ0v) is 10.4. The number of aliphatic hydroxyl groups excluding tert-OH is 2. The SMILES string of the molecule is CCCOCCC.OCCCCCCO. The van der Waals surface area contributed by atoms with Crippen LogP contribution in [0.3, 0.4) is 0 Å². The maximum absolute atomic E-state index is 8.30. The van der Waals surface area contributed by atoms with E-state index in [1.54, 1.807) is 0 Å². The van der Waals surface area contributed by atoms with E-state index < -0.39 is 0 Å². The van der Waals surface area contributed by atoms with Gasteiger partial charge in [-0.2, -0.15) is 0 Å². The van der Waals surface area contributed by atoms with Crippen molar-refractivity contribution in [1.29, 1.82) is 0 Å². The maximum atomic E-state index is 8.30. The molecule has 0 saturated carbocycles. The first kappa shape index (κ1) is 17.3. The van der Waals surface area contributed by atoms with Crippen LogP contribution in [0.5, 0.6) is 0 Å². The Labute approximate surface area is 94.5 Å². The third-order valence-corrected chi connectivity index (χ3v) is 1.76. The standard InChI is InChI=1S/C6H14O2.C6H14O/c7-5-3-1-2-4-6-8;1-3-5-7-6-4-2/h7-8H,1-6H2;3-6H2,1-2H3. The quantitative estimate of drug-likeness (QED) is 0.586. The van der Waals surface area contributed by atoms with Crippen molar-refractivity contribution in [3.8, 4) is 0 Å². The molecule has 0 aromatic carbocycles. The second kappa shape index (κ2) is 19.5. The summed E-state index contributed by atoms with van der Waals surface area (Å²) in [5, 5.41) is 16.6. The molecule has 0 rings (SSSR count). The molecule has 0 amide bonds. The summed E-state index contributed by atoms with van der Waals surface area (Å²) in [6.45, 7) is 6.66. The molecule has 0 aromatic rings. The van der Waals surface area contributed by atoms with Crippen LogP contribution in [0.1, 0.15) is 52.4 Å². The van der Waals surface area contributed by atoms with Gasteiger partial charge in [-0.3, -0.25) is 0 Å². The van der Waals surface area contributed by atoms with Gasteiger partial charge in [-0.15, -0.1) is 0 Å². The fourth-order valence-corrected chi connectivity index (χ4v) is 0.968. The summed E-state index contributed by atoms with van der Waals surface area (Å²) in [5.41, 5.74) is 0. The highest BCUT2D eigenvalue weighted by molar-refractivity contribution is 4.39. The molecule has 0 aliphatic carbocycles. The van der Waals surface area contributed by atoms with Crippen molar-refractivity contribution in [3.05, 3.63) is 0 Å². The Kier molecular flexibility index (Phi) is 22.4. The van der Waals surface area contributed by atoms with E-state index in [1.165, 1.54) is 0 Å². The fourth-order valence-electron chi connectivity index (χ4n) is 0.968. The van der Waals surface area contributed by atoms with Crippen molar-refractivity contribution in [1.82, 2.24) is 0 Å². The average Bonchev–Trinajstić information content (AvgIpc) is 2.26. The van der Waals surface area contributed by atoms with E-state index in [1.807, 2.05) is 0 Å². The third-order valence-electron chi connectivity index (χ3n) is 1.76. The number of aliphatic hydroxyl groups is 2. The molecule has 0 aliphatic rings. The van der Waals surface area contributed by atoms with E-state index in [-0.39, 0.29) is 13.2 Å². The molecule has 0 aliphatic heterocycles. The molecule has 0 unspecified atom stereocenters. The van der Waals surface area contributed by atoms with E-state index in [4.69, 9.17) is 14.9 Å². The number of unbranched alkanes of at least 4 members (excludes halogenated alkanes) is 3. The molecule has 0 fully saturated rings. The number of hydrogen-bond donors (Lipinski definition) is 2. The third kappa shape index (κ3) is 24.8. The van der Waals surface area contributed by atoms with Gasteiger partial charge < -0.3 is 14.9 Å². The summed E-state index contributed by atoms with van der Waals surface area (Å²) >= 11 is 0. The molecule has 94 valence electrons. The van der Waals surface area contributed by atoms with Crippen molar-refractivity contribution in [3.63, 3.8) is 0 Å². The van der Waals surface area contributed by atoms with Gasteiger partial charge in [-0.1, -0.05) is 26.7 Å². The first-order valence-corrected chi connectivity index (χ1v) is 6.12. The average molecular weight is 220 g/mol. The van der Waals surface area contributed by atoms with Crippen molar-refractivity contribution in [2.75, 3.05) is 26.4 Å². The van der Waals surface area contributed by atoms with Crippen LogP contribution < -0.4 is 0 Å². The lowest BCUT2D eigenvalue weighted by Crippen LogP contribution is -1.92. The van der Waals surface area contributed by atoms with Crippen LogP contribution in [0.2, 0.25) is 0 Å². The Morgan fingerprint density at radius 2 is 1.13 bits per heavy atom. The second-order valence-electron chi connectivity index (χ2n) is 3.47. The molecule has 0 aromatic heterocycles. The lowest BCUT2D eigenvalue weighted by molar-refractivity contribution is 0.135. The van der Waals surface area contributed by atoms with E-state index in [9.17, 15) is 0 Å². The van der Waals surface area contributed by atoms with E-state index in [2.05, 4.69) is 13.8 Å². The maximum Gasteiger partial charge on any atom is 0.0463 e. The highest BCUT2D eigenvalue weighted by atomic mass is 16.5. The van der Waals surface area contributed by atoms with Crippen LogP contribution in [0, 0.1) is 0 Å². The molecular weight excluding hydrogens is 192 g/mol. The van der Waals surface area contributed by atoms with Crippen molar-refractivity contribution in [2.45, 2.75) is 52.4 Å². The second-order valence-corrected chi connectivity index (χ2v) is 3.47. The van der Waals surface area contributed by atoms with Crippen molar-refractivity contribution >= 4 is 0 Å². The van der Waals surface area contributed by atoms with Gasteiger partial charge in [0, 0.05) is 26.4 Å². The molecule has 0 radical (unpaired) electrons. The first-order chi connectivity index (χ1) is 7.33. The normalized spacial score (nSPS) is 9.60. The summed E-state index contributed by atoms with van der Waals surface area (Å²) < 4.78 is 5.13. The summed E-state index contributed by atoms with van der Waals surface area (Å²) in [6.07, 6.45) is 6.11. The van der Waals surface area contributed by atoms with Crippen molar-refractivity contribution < 1.29 is 14.9 Å². The smallest absolute Gasteiger partial charge is 0.0463 e. The summed E-state index contributed by atoms with van der Waals surface area (Å²) in [4.78, 5) is 0. The minimum Gasteiger partial charge on any atom is -0.396 e. The van der Waals surface area contributed by atoms with Gasteiger partial charge in [0.25, 0.3) is 0 Å².